The summed E-state index contributed by atoms with van der Waals surface area (Å²) in [6, 6.07) is 6.27. The zero-order valence-corrected chi connectivity index (χ0v) is 12.8. The summed E-state index contributed by atoms with van der Waals surface area (Å²) in [6.07, 6.45) is -2.68. The third-order valence-electron chi connectivity index (χ3n) is 3.90. The average molecular weight is 349 g/mol. The van der Waals surface area contributed by atoms with Crippen LogP contribution in [0.25, 0.3) is 10.9 Å². The highest BCUT2D eigenvalue weighted by molar-refractivity contribution is 5.85. The molecule has 1 saturated heterocycles. The number of nitrogens with two attached hydrogens (primary N) is 1. The molecule has 2 N–H and O–H groups in total. The number of carbonyl (C=O) groups excluding carboxylic acids is 1. The number of alkyl halides is 3. The van der Waals surface area contributed by atoms with Gasteiger partial charge in [0.2, 0.25) is 5.91 Å². The van der Waals surface area contributed by atoms with Crippen molar-refractivity contribution in [3.8, 4) is 0 Å². The minimum atomic E-state index is -4.38. The van der Waals surface area contributed by atoms with Crippen molar-refractivity contribution in [2.75, 3.05) is 13.1 Å². The predicted octanol–water partition coefficient (Wildman–Crippen LogP) is 1.81. The van der Waals surface area contributed by atoms with Crippen molar-refractivity contribution < 1.29 is 18.0 Å². The first-order valence-corrected chi connectivity index (χ1v) is 6.87. The Labute approximate surface area is 136 Å². The molecule has 1 amide bonds. The molecule has 0 radical (unpaired) electrons. The third-order valence-corrected chi connectivity index (χ3v) is 3.90. The van der Waals surface area contributed by atoms with Gasteiger partial charge in [-0.1, -0.05) is 18.2 Å². The van der Waals surface area contributed by atoms with Gasteiger partial charge in [-0.25, -0.2) is 0 Å². The topological polar surface area (TPSA) is 64.2 Å². The van der Waals surface area contributed by atoms with E-state index in [0.29, 0.717) is 0 Å². The second-order valence-electron chi connectivity index (χ2n) is 5.50. The minimum Gasteiger partial charge on any atom is -0.339 e. The lowest BCUT2D eigenvalue weighted by Gasteiger charge is -2.18. The average Bonchev–Trinajstić information content (AvgIpc) is 3.00. The number of fused-ring (bicyclic) bond motifs is 1. The lowest BCUT2D eigenvalue weighted by Crippen LogP contribution is -2.38. The number of hydrogen-bond donors (Lipinski definition) is 1. The Morgan fingerprint density at radius 3 is 2.61 bits per heavy atom. The number of amides is 1. The molecule has 2 atom stereocenters. The molecule has 1 aliphatic rings. The van der Waals surface area contributed by atoms with Crippen molar-refractivity contribution in [2.24, 2.45) is 11.7 Å². The number of benzene rings is 1. The van der Waals surface area contributed by atoms with Crippen LogP contribution in [-0.2, 0) is 11.3 Å². The fourth-order valence-electron chi connectivity index (χ4n) is 2.71. The molecule has 9 heteroatoms. The summed E-state index contributed by atoms with van der Waals surface area (Å²) >= 11 is 0. The number of nitrogens with zero attached hydrogens (tertiary/aromatic N) is 3. The van der Waals surface area contributed by atoms with Crippen molar-refractivity contribution >= 4 is 29.2 Å². The van der Waals surface area contributed by atoms with Crippen LogP contribution in [0.3, 0.4) is 0 Å². The summed E-state index contributed by atoms with van der Waals surface area (Å²) in [7, 11) is 0. The van der Waals surface area contributed by atoms with Crippen LogP contribution in [0.4, 0.5) is 13.2 Å². The van der Waals surface area contributed by atoms with Gasteiger partial charge in [0.15, 0.2) is 0 Å². The molecule has 2 unspecified atom stereocenters. The maximum Gasteiger partial charge on any atom is 0.395 e. The number of halogens is 4. The van der Waals surface area contributed by atoms with E-state index in [0.717, 1.165) is 15.8 Å². The molecule has 3 rings (SSSR count). The van der Waals surface area contributed by atoms with Crippen LogP contribution in [0.2, 0.25) is 0 Å². The lowest BCUT2D eigenvalue weighted by atomic mass is 10.1. The molecule has 2 aromatic rings. The summed E-state index contributed by atoms with van der Waals surface area (Å²) in [5, 5.41) is 5.10. The normalized spacial score (nSPS) is 21.5. The molecule has 5 nitrogen and oxygen atoms in total. The molecular formula is C14H16ClF3N4O. The van der Waals surface area contributed by atoms with Gasteiger partial charge < -0.3 is 10.6 Å². The van der Waals surface area contributed by atoms with E-state index in [9.17, 15) is 18.0 Å². The minimum absolute atomic E-state index is 0. The van der Waals surface area contributed by atoms with Crippen LogP contribution in [0.15, 0.2) is 30.5 Å². The van der Waals surface area contributed by atoms with E-state index in [-0.39, 0.29) is 32.0 Å². The van der Waals surface area contributed by atoms with Gasteiger partial charge >= 0.3 is 6.18 Å². The Hall–Kier alpha value is -1.80. The number of hydrogen-bond acceptors (Lipinski definition) is 3. The third kappa shape index (κ3) is 3.59. The molecule has 2 heterocycles. The Kier molecular flexibility index (Phi) is 4.86. The van der Waals surface area contributed by atoms with Gasteiger partial charge in [-0.2, -0.15) is 18.3 Å². The Morgan fingerprint density at radius 1 is 1.30 bits per heavy atom. The number of aromatic nitrogens is 2. The highest BCUT2D eigenvalue weighted by Gasteiger charge is 2.49. The Morgan fingerprint density at radius 2 is 2.00 bits per heavy atom. The molecule has 1 aromatic carbocycles. The second kappa shape index (κ2) is 6.37. The zero-order valence-electron chi connectivity index (χ0n) is 12.0. The largest absolute Gasteiger partial charge is 0.395 e. The zero-order chi connectivity index (χ0) is 15.9. The summed E-state index contributed by atoms with van der Waals surface area (Å²) in [5.41, 5.74) is 6.25. The van der Waals surface area contributed by atoms with Crippen LogP contribution in [0.1, 0.15) is 0 Å². The van der Waals surface area contributed by atoms with E-state index in [4.69, 9.17) is 5.73 Å². The highest BCUT2D eigenvalue weighted by Crippen LogP contribution is 2.33. The Balaban J connectivity index is 0.00000192. The molecule has 23 heavy (non-hydrogen) atoms. The first kappa shape index (κ1) is 17.6. The SMILES string of the molecule is Cl.NC1CN(C(=O)Cn2cc3ccccc3n2)CC1C(F)(F)F. The molecule has 1 fully saturated rings. The predicted molar refractivity (Wildman–Crippen MR) is 81.1 cm³/mol. The van der Waals surface area contributed by atoms with Gasteiger partial charge in [-0.05, 0) is 6.07 Å². The Bertz CT molecular complexity index is 670. The van der Waals surface area contributed by atoms with Gasteiger partial charge in [-0.15, -0.1) is 12.4 Å². The first-order chi connectivity index (χ1) is 10.3. The van der Waals surface area contributed by atoms with Crippen molar-refractivity contribution in [3.05, 3.63) is 30.5 Å². The van der Waals surface area contributed by atoms with Gasteiger partial charge in [0, 0.05) is 30.7 Å². The molecule has 0 saturated carbocycles. The fourth-order valence-corrected chi connectivity index (χ4v) is 2.71. The van der Waals surface area contributed by atoms with E-state index in [1.165, 1.54) is 4.68 Å². The van der Waals surface area contributed by atoms with Crippen LogP contribution in [-0.4, -0.2) is 45.9 Å². The van der Waals surface area contributed by atoms with Gasteiger partial charge in [0.1, 0.15) is 6.54 Å². The second-order valence-corrected chi connectivity index (χ2v) is 5.50. The summed E-state index contributed by atoms with van der Waals surface area (Å²) in [4.78, 5) is 13.3. The number of carbonyl (C=O) groups is 1. The van der Waals surface area contributed by atoms with Crippen LogP contribution < -0.4 is 5.73 Å². The fraction of sp³-hybridized carbons (Fsp3) is 0.429. The van der Waals surface area contributed by atoms with Gasteiger partial charge in [-0.3, -0.25) is 9.48 Å². The van der Waals surface area contributed by atoms with Crippen molar-refractivity contribution in [2.45, 2.75) is 18.8 Å². The summed E-state index contributed by atoms with van der Waals surface area (Å²) < 4.78 is 39.8. The molecule has 1 aliphatic heterocycles. The van der Waals surface area contributed by atoms with Gasteiger partial charge in [0.05, 0.1) is 11.4 Å². The standard InChI is InChI=1S/C14H15F3N4O.ClH/c15-14(16,17)10-6-20(7-11(10)18)13(22)8-21-5-9-3-1-2-4-12(9)19-21;/h1-5,10-11H,6-8,18H2;1H. The number of likely N-dealkylation sites (tertiary alicyclic amines) is 1. The van der Waals surface area contributed by atoms with E-state index in [2.05, 4.69) is 5.10 Å². The van der Waals surface area contributed by atoms with Crippen molar-refractivity contribution in [1.82, 2.24) is 14.7 Å². The van der Waals surface area contributed by atoms with E-state index in [1.807, 2.05) is 24.3 Å². The van der Waals surface area contributed by atoms with E-state index < -0.39 is 24.0 Å². The van der Waals surface area contributed by atoms with Crippen molar-refractivity contribution in [1.29, 1.82) is 0 Å². The molecule has 0 bridgehead atoms. The van der Waals surface area contributed by atoms with E-state index in [1.54, 1.807) is 6.20 Å². The van der Waals surface area contributed by atoms with Gasteiger partial charge in [0.25, 0.3) is 0 Å². The summed E-state index contributed by atoms with van der Waals surface area (Å²) in [6.45, 7) is -0.555. The molecule has 126 valence electrons. The maximum absolute atomic E-state index is 12.8. The smallest absolute Gasteiger partial charge is 0.339 e. The van der Waals surface area contributed by atoms with Crippen molar-refractivity contribution in [3.63, 3.8) is 0 Å². The monoisotopic (exact) mass is 348 g/mol. The van der Waals surface area contributed by atoms with E-state index >= 15 is 0 Å². The molecule has 1 aromatic heterocycles. The lowest BCUT2D eigenvalue weighted by molar-refractivity contribution is -0.173. The highest BCUT2D eigenvalue weighted by atomic mass is 35.5. The quantitative estimate of drug-likeness (QED) is 0.900. The maximum atomic E-state index is 12.8. The van der Waals surface area contributed by atoms with Crippen LogP contribution >= 0.6 is 12.4 Å². The van der Waals surface area contributed by atoms with Crippen LogP contribution in [0.5, 0.6) is 0 Å². The van der Waals surface area contributed by atoms with Crippen LogP contribution in [0, 0.1) is 5.92 Å². The molecule has 0 spiro atoms. The first-order valence-electron chi connectivity index (χ1n) is 6.87. The number of rotatable bonds is 2. The molecule has 0 aliphatic carbocycles. The summed E-state index contributed by atoms with van der Waals surface area (Å²) in [5.74, 6) is -2.07. The molecular weight excluding hydrogens is 333 g/mol.